The van der Waals surface area contributed by atoms with E-state index in [9.17, 15) is 28.4 Å². The summed E-state index contributed by atoms with van der Waals surface area (Å²) in [5, 5.41) is 19.8. The number of fused-ring (bicyclic) bond motifs is 1. The molecule has 3 heterocycles. The molecule has 16 nitrogen and oxygen atoms in total. The van der Waals surface area contributed by atoms with Gasteiger partial charge in [-0.1, -0.05) is 0 Å². The summed E-state index contributed by atoms with van der Waals surface area (Å²) in [6.45, 7) is 0.800. The Morgan fingerprint density at radius 3 is 2.50 bits per heavy atom. The fourth-order valence-electron chi connectivity index (χ4n) is 2.93. The van der Waals surface area contributed by atoms with Crippen molar-refractivity contribution in [3.8, 4) is 0 Å². The van der Waals surface area contributed by atoms with Gasteiger partial charge in [-0.3, -0.25) is 29.1 Å². The Morgan fingerprint density at radius 2 is 1.89 bits per heavy atom. The Balaban J connectivity index is 1.84. The SMILES string of the molecule is CC(=O)N(Cc1cnc2nc(N)[nH]c(=O)c2n1)c1ncc(C(=O)N[C@@H](CCC(=O)O)C(=O)O)c(F)n1. The summed E-state index contributed by atoms with van der Waals surface area (Å²) in [5.74, 6) is -6.62. The first-order chi connectivity index (χ1) is 17.0. The van der Waals surface area contributed by atoms with E-state index < -0.39 is 65.7 Å². The lowest BCUT2D eigenvalue weighted by Crippen LogP contribution is -2.41. The van der Waals surface area contributed by atoms with E-state index in [1.165, 1.54) is 6.20 Å². The highest BCUT2D eigenvalue weighted by Gasteiger charge is 2.25. The Kier molecular flexibility index (Phi) is 7.41. The molecule has 0 aliphatic carbocycles. The van der Waals surface area contributed by atoms with Crippen molar-refractivity contribution in [1.29, 1.82) is 0 Å². The van der Waals surface area contributed by atoms with Crippen LogP contribution >= 0.6 is 0 Å². The van der Waals surface area contributed by atoms with E-state index in [0.717, 1.165) is 18.0 Å². The number of nitrogens with two attached hydrogens (primary N) is 1. The minimum absolute atomic E-state index is 0.0324. The van der Waals surface area contributed by atoms with Gasteiger partial charge in [0.1, 0.15) is 11.6 Å². The first kappa shape index (κ1) is 25.5. The van der Waals surface area contributed by atoms with Gasteiger partial charge in [0.2, 0.25) is 23.8 Å². The Hall–Kier alpha value is -5.09. The van der Waals surface area contributed by atoms with Gasteiger partial charge in [-0.25, -0.2) is 19.7 Å². The highest BCUT2D eigenvalue weighted by molar-refractivity contribution is 5.96. The number of anilines is 2. The van der Waals surface area contributed by atoms with Gasteiger partial charge in [-0.05, 0) is 6.42 Å². The molecule has 2 amide bonds. The zero-order valence-electron chi connectivity index (χ0n) is 18.4. The molecule has 0 aromatic carbocycles. The van der Waals surface area contributed by atoms with Crippen LogP contribution in [0.3, 0.4) is 0 Å². The lowest BCUT2D eigenvalue weighted by Gasteiger charge is -2.19. The van der Waals surface area contributed by atoms with Crippen molar-refractivity contribution >= 4 is 46.8 Å². The van der Waals surface area contributed by atoms with Gasteiger partial charge in [0.05, 0.1) is 18.4 Å². The number of amides is 2. The van der Waals surface area contributed by atoms with E-state index in [1.807, 2.05) is 5.32 Å². The number of carbonyl (C=O) groups excluding carboxylic acids is 2. The number of rotatable bonds is 9. The Labute approximate surface area is 199 Å². The largest absolute Gasteiger partial charge is 0.481 e. The molecule has 36 heavy (non-hydrogen) atoms. The van der Waals surface area contributed by atoms with Gasteiger partial charge < -0.3 is 21.3 Å². The van der Waals surface area contributed by atoms with Crippen molar-refractivity contribution < 1.29 is 33.8 Å². The van der Waals surface area contributed by atoms with Crippen LogP contribution in [0.2, 0.25) is 0 Å². The number of H-pyrrole nitrogens is 1. The Morgan fingerprint density at radius 1 is 1.17 bits per heavy atom. The van der Waals surface area contributed by atoms with E-state index in [1.54, 1.807) is 0 Å². The van der Waals surface area contributed by atoms with Crippen LogP contribution in [0.4, 0.5) is 16.3 Å². The molecule has 3 aromatic heterocycles. The summed E-state index contributed by atoms with van der Waals surface area (Å²) in [6.07, 6.45) is 0.969. The second-order valence-electron chi connectivity index (χ2n) is 7.26. The molecule has 3 aromatic rings. The summed E-state index contributed by atoms with van der Waals surface area (Å²) >= 11 is 0. The molecule has 188 valence electrons. The summed E-state index contributed by atoms with van der Waals surface area (Å²) in [4.78, 5) is 80.8. The van der Waals surface area contributed by atoms with Crippen LogP contribution in [-0.2, 0) is 20.9 Å². The van der Waals surface area contributed by atoms with Crippen molar-refractivity contribution in [2.75, 3.05) is 10.6 Å². The lowest BCUT2D eigenvalue weighted by molar-refractivity contribution is -0.140. The first-order valence-electron chi connectivity index (χ1n) is 10.0. The van der Waals surface area contributed by atoms with E-state index in [2.05, 4.69) is 29.9 Å². The van der Waals surface area contributed by atoms with E-state index >= 15 is 0 Å². The van der Waals surface area contributed by atoms with Crippen molar-refractivity contribution in [2.45, 2.75) is 32.4 Å². The highest BCUT2D eigenvalue weighted by atomic mass is 19.1. The topological polar surface area (TPSA) is 247 Å². The van der Waals surface area contributed by atoms with Crippen LogP contribution in [0.1, 0.15) is 35.8 Å². The van der Waals surface area contributed by atoms with E-state index in [-0.39, 0.29) is 29.4 Å². The van der Waals surface area contributed by atoms with E-state index in [0.29, 0.717) is 0 Å². The maximum absolute atomic E-state index is 14.6. The summed E-state index contributed by atoms with van der Waals surface area (Å²) in [6, 6.07) is -1.60. The van der Waals surface area contributed by atoms with Gasteiger partial charge in [0, 0.05) is 19.5 Å². The average molecular weight is 503 g/mol. The number of hydrogen-bond acceptors (Lipinski definition) is 11. The monoisotopic (exact) mass is 503 g/mol. The number of nitrogens with zero attached hydrogens (tertiary/aromatic N) is 6. The normalized spacial score (nSPS) is 11.6. The molecule has 3 rings (SSSR count). The van der Waals surface area contributed by atoms with Crippen molar-refractivity contribution in [3.05, 3.63) is 40.0 Å². The number of hydrogen-bond donors (Lipinski definition) is 5. The van der Waals surface area contributed by atoms with Crippen LogP contribution in [-0.4, -0.2) is 69.9 Å². The smallest absolute Gasteiger partial charge is 0.326 e. The molecule has 0 saturated carbocycles. The molecule has 0 bridgehead atoms. The molecule has 0 spiro atoms. The molecule has 0 unspecified atom stereocenters. The molecule has 0 radical (unpaired) electrons. The third kappa shape index (κ3) is 5.88. The number of aromatic nitrogens is 6. The number of nitrogens with one attached hydrogen (secondary N) is 2. The quantitative estimate of drug-likeness (QED) is 0.216. The van der Waals surface area contributed by atoms with Gasteiger partial charge in [0.25, 0.3) is 11.5 Å². The number of aliphatic carboxylic acids is 2. The predicted molar refractivity (Wildman–Crippen MR) is 117 cm³/mol. The number of halogens is 1. The number of carbonyl (C=O) groups is 4. The first-order valence-corrected chi connectivity index (χ1v) is 10.0. The van der Waals surface area contributed by atoms with Crippen LogP contribution in [0, 0.1) is 5.95 Å². The van der Waals surface area contributed by atoms with E-state index in [4.69, 9.17) is 15.9 Å². The highest BCUT2D eigenvalue weighted by Crippen LogP contribution is 2.15. The fourth-order valence-corrected chi connectivity index (χ4v) is 2.93. The van der Waals surface area contributed by atoms with Crippen molar-refractivity contribution in [1.82, 2.24) is 35.2 Å². The molecule has 0 saturated heterocycles. The minimum atomic E-state index is -1.60. The molecular weight excluding hydrogens is 485 g/mol. The van der Waals surface area contributed by atoms with Crippen LogP contribution < -0.4 is 21.5 Å². The zero-order valence-corrected chi connectivity index (χ0v) is 18.4. The average Bonchev–Trinajstić information content (AvgIpc) is 2.79. The fraction of sp³-hybridized carbons (Fsp3) is 0.263. The lowest BCUT2D eigenvalue weighted by atomic mass is 10.1. The maximum atomic E-state index is 14.6. The summed E-state index contributed by atoms with van der Waals surface area (Å²) < 4.78 is 14.6. The van der Waals surface area contributed by atoms with Crippen LogP contribution in [0.25, 0.3) is 11.2 Å². The third-order valence-electron chi connectivity index (χ3n) is 4.65. The number of carboxylic acids is 2. The zero-order chi connectivity index (χ0) is 26.6. The van der Waals surface area contributed by atoms with Gasteiger partial charge >= 0.3 is 11.9 Å². The van der Waals surface area contributed by atoms with Crippen molar-refractivity contribution in [3.63, 3.8) is 0 Å². The van der Waals surface area contributed by atoms with Crippen LogP contribution in [0.15, 0.2) is 17.2 Å². The van der Waals surface area contributed by atoms with Crippen LogP contribution in [0.5, 0.6) is 0 Å². The molecule has 17 heteroatoms. The van der Waals surface area contributed by atoms with Gasteiger partial charge in [0.15, 0.2) is 11.2 Å². The summed E-state index contributed by atoms with van der Waals surface area (Å²) in [7, 11) is 0. The molecule has 1 atom stereocenters. The minimum Gasteiger partial charge on any atom is -0.481 e. The predicted octanol–water partition coefficient (Wildman–Crippen LogP) is -1.17. The second-order valence-corrected chi connectivity index (χ2v) is 7.26. The Bertz CT molecular complexity index is 1430. The molecule has 0 aliphatic heterocycles. The molecule has 0 fully saturated rings. The standard InChI is InChI=1S/C19H18FN9O7/c1-7(30)29(6-8-4-22-14-12(24-8)16(34)28-18(21)27-14)19-23-5-9(13(20)26-19)15(33)25-10(17(35)36)2-3-11(31)32/h4-5,10H,2-3,6H2,1H3,(H,25,33)(H,31,32)(H,35,36)(H3,21,22,27,28,34)/t10-/m0/s1. The van der Waals surface area contributed by atoms with Crippen molar-refractivity contribution in [2.24, 2.45) is 0 Å². The number of nitrogen functional groups attached to an aromatic ring is 1. The molecular formula is C19H18FN9O7. The second kappa shape index (κ2) is 10.5. The number of carboxylic acid groups (broad SMARTS) is 2. The third-order valence-corrected chi connectivity index (χ3v) is 4.65. The molecule has 0 aliphatic rings. The maximum Gasteiger partial charge on any atom is 0.326 e. The summed E-state index contributed by atoms with van der Waals surface area (Å²) in [5.41, 5.74) is 3.97. The molecule has 6 N–H and O–H groups in total. The van der Waals surface area contributed by atoms with Gasteiger partial charge in [-0.2, -0.15) is 14.4 Å². The van der Waals surface area contributed by atoms with Gasteiger partial charge in [-0.15, -0.1) is 0 Å². The number of aromatic amines is 1.